The monoisotopic (exact) mass is 259 g/mol. The van der Waals surface area contributed by atoms with Gasteiger partial charge in [-0.25, -0.2) is 0 Å². The van der Waals surface area contributed by atoms with Gasteiger partial charge in [0.1, 0.15) is 5.75 Å². The van der Waals surface area contributed by atoms with Gasteiger partial charge in [0.15, 0.2) is 0 Å². The maximum atomic E-state index is 9.59. The number of aryl methyl sites for hydroxylation is 1. The number of nitrogens with zero attached hydrogens (tertiary/aromatic N) is 3. The number of hydrogen-bond donors (Lipinski definition) is 1. The second-order valence-corrected chi connectivity index (χ2v) is 5.55. The molecule has 1 aliphatic rings. The van der Waals surface area contributed by atoms with Gasteiger partial charge in [-0.1, -0.05) is 0 Å². The van der Waals surface area contributed by atoms with Crippen molar-refractivity contribution >= 4 is 10.9 Å². The molecule has 19 heavy (non-hydrogen) atoms. The minimum atomic E-state index is 0.333. The van der Waals surface area contributed by atoms with Crippen LogP contribution in [-0.2, 0) is 13.6 Å². The molecule has 0 saturated carbocycles. The molecule has 2 aromatic rings. The fraction of sp³-hybridized carbons (Fsp3) is 0.467. The largest absolute Gasteiger partial charge is 0.508 e. The average molecular weight is 259 g/mol. The van der Waals surface area contributed by atoms with Gasteiger partial charge in [-0.15, -0.1) is 0 Å². The van der Waals surface area contributed by atoms with Crippen LogP contribution in [0.4, 0.5) is 0 Å². The van der Waals surface area contributed by atoms with Gasteiger partial charge in [-0.3, -0.25) is 4.90 Å². The van der Waals surface area contributed by atoms with E-state index in [1.54, 1.807) is 6.07 Å². The number of phenolic OH excluding ortho intramolecular Hbond substituents is 1. The smallest absolute Gasteiger partial charge is 0.117 e. The van der Waals surface area contributed by atoms with Gasteiger partial charge in [0.05, 0.1) is 5.52 Å². The van der Waals surface area contributed by atoms with Crippen LogP contribution < -0.4 is 0 Å². The zero-order chi connectivity index (χ0) is 13.4. The van der Waals surface area contributed by atoms with E-state index in [1.807, 2.05) is 19.2 Å². The number of fused-ring (bicyclic) bond motifs is 1. The van der Waals surface area contributed by atoms with Crippen molar-refractivity contribution in [1.82, 2.24) is 14.4 Å². The molecule has 0 unspecified atom stereocenters. The first-order valence-electron chi connectivity index (χ1n) is 6.81. The van der Waals surface area contributed by atoms with Crippen LogP contribution >= 0.6 is 0 Å². The summed E-state index contributed by atoms with van der Waals surface area (Å²) in [7, 11) is 4.22. The molecule has 4 heteroatoms. The summed E-state index contributed by atoms with van der Waals surface area (Å²) in [5.41, 5.74) is 2.45. The zero-order valence-electron chi connectivity index (χ0n) is 11.6. The SMILES string of the molecule is CN1CCN(Cc2cn(C)c3cc(O)ccc23)CC1. The third-order valence-electron chi connectivity index (χ3n) is 4.05. The van der Waals surface area contributed by atoms with Crippen LogP contribution in [0, 0.1) is 0 Å². The molecule has 3 rings (SSSR count). The highest BCUT2D eigenvalue weighted by atomic mass is 16.3. The van der Waals surface area contributed by atoms with Crippen LogP contribution in [0.3, 0.4) is 0 Å². The first-order valence-corrected chi connectivity index (χ1v) is 6.81. The Bertz CT molecular complexity index is 582. The molecule has 0 bridgehead atoms. The summed E-state index contributed by atoms with van der Waals surface area (Å²) in [4.78, 5) is 4.87. The fourth-order valence-electron chi connectivity index (χ4n) is 2.83. The number of aromatic nitrogens is 1. The molecule has 0 aliphatic carbocycles. The molecule has 1 aromatic heterocycles. The number of rotatable bonds is 2. The lowest BCUT2D eigenvalue weighted by atomic mass is 10.1. The topological polar surface area (TPSA) is 31.6 Å². The highest BCUT2D eigenvalue weighted by Crippen LogP contribution is 2.25. The zero-order valence-corrected chi connectivity index (χ0v) is 11.6. The fourth-order valence-corrected chi connectivity index (χ4v) is 2.83. The van der Waals surface area contributed by atoms with Crippen LogP contribution in [0.1, 0.15) is 5.56 Å². The van der Waals surface area contributed by atoms with E-state index in [1.165, 1.54) is 10.9 Å². The van der Waals surface area contributed by atoms with Crippen LogP contribution in [-0.4, -0.2) is 52.7 Å². The molecule has 1 aromatic carbocycles. The third-order valence-corrected chi connectivity index (χ3v) is 4.05. The minimum Gasteiger partial charge on any atom is -0.508 e. The Morgan fingerprint density at radius 3 is 2.58 bits per heavy atom. The van der Waals surface area contributed by atoms with Crippen molar-refractivity contribution in [3.63, 3.8) is 0 Å². The van der Waals surface area contributed by atoms with Crippen LogP contribution in [0.2, 0.25) is 0 Å². The van der Waals surface area contributed by atoms with Crippen LogP contribution in [0.15, 0.2) is 24.4 Å². The summed E-state index contributed by atoms with van der Waals surface area (Å²) in [5, 5.41) is 10.8. The Balaban J connectivity index is 1.85. The predicted octanol–water partition coefficient (Wildman–Crippen LogP) is 1.63. The quantitative estimate of drug-likeness (QED) is 0.889. The van der Waals surface area contributed by atoms with Crippen LogP contribution in [0.25, 0.3) is 10.9 Å². The summed E-state index contributed by atoms with van der Waals surface area (Å²) in [6.45, 7) is 5.54. The lowest BCUT2D eigenvalue weighted by Gasteiger charge is -2.32. The van der Waals surface area contributed by atoms with Crippen molar-refractivity contribution in [2.24, 2.45) is 7.05 Å². The Hall–Kier alpha value is -1.52. The van der Waals surface area contributed by atoms with Crippen molar-refractivity contribution in [3.8, 4) is 5.75 Å². The molecule has 0 spiro atoms. The van der Waals surface area contributed by atoms with Gasteiger partial charge in [-0.2, -0.15) is 0 Å². The summed E-state index contributed by atoms with van der Waals surface area (Å²) in [6.07, 6.45) is 2.18. The third kappa shape index (κ3) is 2.46. The molecule has 2 heterocycles. The Labute approximate surface area is 113 Å². The Morgan fingerprint density at radius 1 is 1.11 bits per heavy atom. The standard InChI is InChI=1S/C15H21N3O/c1-16-5-7-18(8-6-16)11-12-10-17(2)15-9-13(19)3-4-14(12)15/h3-4,9-10,19H,5-8,11H2,1-2H3. The molecule has 0 atom stereocenters. The van der Waals surface area contributed by atoms with Crippen molar-refractivity contribution in [2.75, 3.05) is 33.2 Å². The van der Waals surface area contributed by atoms with Crippen molar-refractivity contribution < 1.29 is 5.11 Å². The molecule has 0 radical (unpaired) electrons. The van der Waals surface area contributed by atoms with E-state index in [-0.39, 0.29) is 0 Å². The summed E-state index contributed by atoms with van der Waals surface area (Å²) in [6, 6.07) is 5.63. The van der Waals surface area contributed by atoms with Gasteiger partial charge in [-0.05, 0) is 24.7 Å². The number of phenols is 1. The molecule has 1 saturated heterocycles. The summed E-state index contributed by atoms with van der Waals surface area (Å²) in [5.74, 6) is 0.333. The molecule has 1 fully saturated rings. The Morgan fingerprint density at radius 2 is 1.84 bits per heavy atom. The summed E-state index contributed by atoms with van der Waals surface area (Å²) >= 11 is 0. The molecular weight excluding hydrogens is 238 g/mol. The predicted molar refractivity (Wildman–Crippen MR) is 77.4 cm³/mol. The van der Waals surface area contributed by atoms with E-state index < -0.39 is 0 Å². The van der Waals surface area contributed by atoms with Gasteiger partial charge in [0.25, 0.3) is 0 Å². The Kier molecular flexibility index (Phi) is 3.21. The number of piperazine rings is 1. The molecular formula is C15H21N3O. The minimum absolute atomic E-state index is 0.333. The second-order valence-electron chi connectivity index (χ2n) is 5.55. The first-order chi connectivity index (χ1) is 9.13. The van der Waals surface area contributed by atoms with E-state index in [4.69, 9.17) is 0 Å². The first kappa shape index (κ1) is 12.5. The number of aromatic hydroxyl groups is 1. The van der Waals surface area contributed by atoms with Gasteiger partial charge in [0, 0.05) is 57.4 Å². The summed E-state index contributed by atoms with van der Waals surface area (Å²) < 4.78 is 2.10. The normalized spacial score (nSPS) is 18.2. The lowest BCUT2D eigenvalue weighted by molar-refractivity contribution is 0.148. The highest BCUT2D eigenvalue weighted by molar-refractivity contribution is 5.85. The van der Waals surface area contributed by atoms with Crippen molar-refractivity contribution in [3.05, 3.63) is 30.0 Å². The second kappa shape index (κ2) is 4.87. The van der Waals surface area contributed by atoms with E-state index in [0.717, 1.165) is 38.2 Å². The number of hydrogen-bond acceptors (Lipinski definition) is 3. The molecule has 4 nitrogen and oxygen atoms in total. The van der Waals surface area contributed by atoms with Gasteiger partial charge >= 0.3 is 0 Å². The van der Waals surface area contributed by atoms with Crippen molar-refractivity contribution in [2.45, 2.75) is 6.54 Å². The maximum Gasteiger partial charge on any atom is 0.117 e. The maximum absolute atomic E-state index is 9.59. The van der Waals surface area contributed by atoms with Crippen LogP contribution in [0.5, 0.6) is 5.75 Å². The van der Waals surface area contributed by atoms with E-state index in [2.05, 4.69) is 27.6 Å². The molecule has 0 amide bonds. The van der Waals surface area contributed by atoms with E-state index >= 15 is 0 Å². The molecule has 1 N–H and O–H groups in total. The average Bonchev–Trinajstić information content (AvgIpc) is 2.69. The van der Waals surface area contributed by atoms with E-state index in [9.17, 15) is 5.11 Å². The number of benzene rings is 1. The number of likely N-dealkylation sites (N-methyl/N-ethyl adjacent to an activating group) is 1. The van der Waals surface area contributed by atoms with Gasteiger partial charge in [0.2, 0.25) is 0 Å². The van der Waals surface area contributed by atoms with E-state index in [0.29, 0.717) is 5.75 Å². The lowest BCUT2D eigenvalue weighted by Crippen LogP contribution is -2.43. The highest BCUT2D eigenvalue weighted by Gasteiger charge is 2.16. The molecule has 1 aliphatic heterocycles. The van der Waals surface area contributed by atoms with Gasteiger partial charge < -0.3 is 14.6 Å². The molecule has 102 valence electrons. The van der Waals surface area contributed by atoms with Crippen molar-refractivity contribution in [1.29, 1.82) is 0 Å².